The summed E-state index contributed by atoms with van der Waals surface area (Å²) in [6.07, 6.45) is 1.45. The minimum absolute atomic E-state index is 0.0404. The number of ether oxygens (including phenoxy) is 3. The topological polar surface area (TPSA) is 107 Å². The number of sulfonamides is 1. The third-order valence-corrected chi connectivity index (χ3v) is 7.89. The number of aryl methyl sites for hydroxylation is 1. The lowest BCUT2D eigenvalue weighted by atomic mass is 10.2. The molecule has 41 heavy (non-hydrogen) atoms. The molecule has 1 amide bonds. The van der Waals surface area contributed by atoms with Crippen molar-refractivity contribution in [1.29, 1.82) is 0 Å². The number of rotatable bonds is 12. The zero-order valence-electron chi connectivity index (χ0n) is 23.0. The van der Waals surface area contributed by atoms with E-state index in [9.17, 15) is 13.2 Å². The van der Waals surface area contributed by atoms with Gasteiger partial charge in [-0.3, -0.25) is 9.10 Å². The minimum Gasteiger partial charge on any atom is -0.493 e. The average molecular weight is 574 g/mol. The Morgan fingerprint density at radius 2 is 1.54 bits per heavy atom. The molecule has 0 aliphatic carbocycles. The Hall–Kier alpha value is -4.83. The van der Waals surface area contributed by atoms with E-state index in [-0.39, 0.29) is 10.6 Å². The second-order valence-electron chi connectivity index (χ2n) is 8.97. The van der Waals surface area contributed by atoms with E-state index in [0.29, 0.717) is 29.4 Å². The quantitative estimate of drug-likeness (QED) is 0.190. The van der Waals surface area contributed by atoms with E-state index >= 15 is 0 Å². The highest BCUT2D eigenvalue weighted by atomic mass is 32.2. The summed E-state index contributed by atoms with van der Waals surface area (Å²) in [6.45, 7) is 1.70. The van der Waals surface area contributed by atoms with Crippen molar-refractivity contribution >= 4 is 27.8 Å². The summed E-state index contributed by atoms with van der Waals surface area (Å²) >= 11 is 0. The number of hydrogen-bond acceptors (Lipinski definition) is 7. The summed E-state index contributed by atoms with van der Waals surface area (Å²) in [5, 5.41) is 4.06. The molecule has 0 aliphatic rings. The molecule has 0 unspecified atom stereocenters. The standard InChI is InChI=1S/C31H31N3O6S/c1-23-13-16-27(17-14-23)41(36,37)34(26-15-18-29(38-2)30(19-26)39-3)21-31(35)33-32-20-25-11-7-8-12-28(25)40-22-24-9-5-4-6-10-24/h4-20H,21-22H2,1-3H3,(H,33,35)/b32-20+. The summed E-state index contributed by atoms with van der Waals surface area (Å²) in [6, 6.07) is 28.0. The fourth-order valence-electron chi connectivity index (χ4n) is 3.93. The number of para-hydroxylation sites is 1. The van der Waals surface area contributed by atoms with Gasteiger partial charge in [-0.25, -0.2) is 13.8 Å². The highest BCUT2D eigenvalue weighted by molar-refractivity contribution is 7.92. The van der Waals surface area contributed by atoms with E-state index in [1.165, 1.54) is 38.6 Å². The average Bonchev–Trinajstić information content (AvgIpc) is 2.99. The van der Waals surface area contributed by atoms with Gasteiger partial charge >= 0.3 is 0 Å². The van der Waals surface area contributed by atoms with Crippen LogP contribution < -0.4 is 23.9 Å². The number of amides is 1. The zero-order valence-corrected chi connectivity index (χ0v) is 23.8. The van der Waals surface area contributed by atoms with Gasteiger partial charge in [-0.2, -0.15) is 5.10 Å². The Bertz CT molecular complexity index is 1610. The molecule has 0 aliphatic heterocycles. The molecule has 0 saturated carbocycles. The zero-order chi connectivity index (χ0) is 29.2. The molecule has 4 aromatic rings. The molecule has 0 fully saturated rings. The van der Waals surface area contributed by atoms with E-state index in [0.717, 1.165) is 15.4 Å². The van der Waals surface area contributed by atoms with Gasteiger partial charge in [-0.1, -0.05) is 60.2 Å². The van der Waals surface area contributed by atoms with Crippen molar-refractivity contribution in [2.45, 2.75) is 18.4 Å². The lowest BCUT2D eigenvalue weighted by Gasteiger charge is -2.24. The van der Waals surface area contributed by atoms with E-state index < -0.39 is 22.5 Å². The summed E-state index contributed by atoms with van der Waals surface area (Å²) < 4.78 is 44.9. The molecule has 0 radical (unpaired) electrons. The first-order valence-electron chi connectivity index (χ1n) is 12.7. The van der Waals surface area contributed by atoms with Gasteiger partial charge in [-0.05, 0) is 48.9 Å². The molecule has 4 aromatic carbocycles. The van der Waals surface area contributed by atoms with Crippen molar-refractivity contribution in [3.05, 3.63) is 114 Å². The molecule has 0 heterocycles. The molecule has 0 atom stereocenters. The lowest BCUT2D eigenvalue weighted by molar-refractivity contribution is -0.119. The van der Waals surface area contributed by atoms with E-state index in [1.54, 1.807) is 36.4 Å². The second kappa shape index (κ2) is 13.5. The molecule has 9 nitrogen and oxygen atoms in total. The van der Waals surface area contributed by atoms with Crippen molar-refractivity contribution in [1.82, 2.24) is 5.43 Å². The van der Waals surface area contributed by atoms with Gasteiger partial charge in [0.15, 0.2) is 11.5 Å². The van der Waals surface area contributed by atoms with Crippen LogP contribution in [0.5, 0.6) is 17.2 Å². The van der Waals surface area contributed by atoms with Crippen LogP contribution in [0.4, 0.5) is 5.69 Å². The van der Waals surface area contributed by atoms with E-state index in [1.807, 2.05) is 49.4 Å². The van der Waals surface area contributed by atoms with Crippen LogP contribution in [0.2, 0.25) is 0 Å². The fourth-order valence-corrected chi connectivity index (χ4v) is 5.34. The minimum atomic E-state index is -4.12. The van der Waals surface area contributed by atoms with Crippen molar-refractivity contribution in [3.8, 4) is 17.2 Å². The van der Waals surface area contributed by atoms with Crippen molar-refractivity contribution in [2.24, 2.45) is 5.10 Å². The van der Waals surface area contributed by atoms with Crippen LogP contribution >= 0.6 is 0 Å². The molecular weight excluding hydrogens is 542 g/mol. The maximum absolute atomic E-state index is 13.7. The smallest absolute Gasteiger partial charge is 0.264 e. The van der Waals surface area contributed by atoms with E-state index in [4.69, 9.17) is 14.2 Å². The van der Waals surface area contributed by atoms with Gasteiger partial charge in [0.05, 0.1) is 31.0 Å². The first-order chi connectivity index (χ1) is 19.8. The van der Waals surface area contributed by atoms with Crippen molar-refractivity contribution in [2.75, 3.05) is 25.1 Å². The lowest BCUT2D eigenvalue weighted by Crippen LogP contribution is -2.39. The number of carbonyl (C=O) groups excluding carboxylic acids is 1. The molecular formula is C31H31N3O6S. The Kier molecular flexibility index (Phi) is 9.60. The normalized spacial score (nSPS) is 11.2. The van der Waals surface area contributed by atoms with Gasteiger partial charge in [0.2, 0.25) is 0 Å². The SMILES string of the molecule is COc1ccc(N(CC(=O)N/N=C/c2ccccc2OCc2ccccc2)S(=O)(=O)c2ccc(C)cc2)cc1OC. The number of anilines is 1. The fraction of sp³-hybridized carbons (Fsp3) is 0.161. The predicted molar refractivity (Wildman–Crippen MR) is 158 cm³/mol. The molecule has 212 valence electrons. The first-order valence-corrected chi connectivity index (χ1v) is 14.1. The molecule has 4 rings (SSSR count). The van der Waals surface area contributed by atoms with E-state index in [2.05, 4.69) is 10.5 Å². The summed E-state index contributed by atoms with van der Waals surface area (Å²) in [5.41, 5.74) is 5.22. The van der Waals surface area contributed by atoms with Gasteiger partial charge < -0.3 is 14.2 Å². The molecule has 0 spiro atoms. The Morgan fingerprint density at radius 1 is 0.854 bits per heavy atom. The first kappa shape index (κ1) is 29.2. The monoisotopic (exact) mass is 573 g/mol. The van der Waals surface area contributed by atoms with Gasteiger partial charge in [0.25, 0.3) is 15.9 Å². The van der Waals surface area contributed by atoms with Crippen molar-refractivity contribution < 1.29 is 27.4 Å². The van der Waals surface area contributed by atoms with Crippen molar-refractivity contribution in [3.63, 3.8) is 0 Å². The highest BCUT2D eigenvalue weighted by Gasteiger charge is 2.28. The van der Waals surface area contributed by atoms with Crippen LogP contribution in [0, 0.1) is 6.92 Å². The molecule has 0 saturated heterocycles. The number of nitrogens with one attached hydrogen (secondary N) is 1. The number of methoxy groups -OCH3 is 2. The number of carbonyl (C=O) groups is 1. The van der Waals surface area contributed by atoms with Crippen LogP contribution in [0.15, 0.2) is 107 Å². The Balaban J connectivity index is 1.54. The number of benzene rings is 4. The third-order valence-electron chi connectivity index (χ3n) is 6.10. The second-order valence-corrected chi connectivity index (χ2v) is 10.8. The number of nitrogens with zero attached hydrogens (tertiary/aromatic N) is 2. The molecule has 10 heteroatoms. The predicted octanol–water partition coefficient (Wildman–Crippen LogP) is 4.94. The summed E-state index contributed by atoms with van der Waals surface area (Å²) in [7, 11) is -1.20. The third kappa shape index (κ3) is 7.43. The maximum atomic E-state index is 13.7. The summed E-state index contributed by atoms with van der Waals surface area (Å²) in [5.74, 6) is 0.684. The van der Waals surface area contributed by atoms with Crippen LogP contribution in [0.1, 0.15) is 16.7 Å². The number of hydrogen-bond donors (Lipinski definition) is 1. The van der Waals surface area contributed by atoms with Crippen LogP contribution in [0.25, 0.3) is 0 Å². The largest absolute Gasteiger partial charge is 0.493 e. The van der Waals surface area contributed by atoms with Gasteiger partial charge in [0.1, 0.15) is 18.9 Å². The van der Waals surface area contributed by atoms with Gasteiger partial charge in [-0.15, -0.1) is 0 Å². The summed E-state index contributed by atoms with van der Waals surface area (Å²) in [4.78, 5) is 13.0. The van der Waals surface area contributed by atoms with Crippen LogP contribution in [0.3, 0.4) is 0 Å². The number of hydrazone groups is 1. The Morgan fingerprint density at radius 3 is 2.24 bits per heavy atom. The Labute approximate surface area is 240 Å². The molecule has 1 N–H and O–H groups in total. The van der Waals surface area contributed by atoms with Crippen LogP contribution in [-0.2, 0) is 21.4 Å². The molecule has 0 bridgehead atoms. The highest BCUT2D eigenvalue weighted by Crippen LogP contribution is 2.33. The van der Waals surface area contributed by atoms with Crippen LogP contribution in [-0.4, -0.2) is 41.3 Å². The van der Waals surface area contributed by atoms with Gasteiger partial charge in [0, 0.05) is 11.6 Å². The maximum Gasteiger partial charge on any atom is 0.264 e. The molecule has 0 aromatic heterocycles.